The number of anilines is 1. The van der Waals surface area contributed by atoms with Gasteiger partial charge >= 0.3 is 6.03 Å². The molecule has 0 atom stereocenters. The van der Waals surface area contributed by atoms with E-state index in [-0.39, 0.29) is 22.5 Å². The lowest BCUT2D eigenvalue weighted by molar-refractivity contribution is -0.385. The smallest absolute Gasteiger partial charge is 0.273 e. The summed E-state index contributed by atoms with van der Waals surface area (Å²) in [6.07, 6.45) is 1.21. The molecule has 2 aromatic rings. The number of nitrogens with one attached hydrogen (secondary N) is 1. The molecule has 136 valence electrons. The molecule has 0 aromatic heterocycles. The number of benzene rings is 2. The maximum atomic E-state index is 12.7. The molecule has 0 bridgehead atoms. The summed E-state index contributed by atoms with van der Waals surface area (Å²) in [5, 5.41) is 13.6. The minimum Gasteiger partial charge on any atom is -0.273 e. The van der Waals surface area contributed by atoms with Crippen LogP contribution in [0.25, 0.3) is 6.08 Å². The summed E-state index contributed by atoms with van der Waals surface area (Å²) in [5.74, 6) is -1.72. The monoisotopic (exact) mass is 385 g/mol. The second kappa shape index (κ2) is 7.00. The van der Waals surface area contributed by atoms with Gasteiger partial charge in [0, 0.05) is 16.7 Å². The van der Waals surface area contributed by atoms with E-state index in [1.165, 1.54) is 42.5 Å². The van der Waals surface area contributed by atoms with Crippen molar-refractivity contribution in [1.82, 2.24) is 5.32 Å². The third-order valence-electron chi connectivity index (χ3n) is 3.93. The highest BCUT2D eigenvalue weighted by atomic mass is 35.5. The maximum Gasteiger partial charge on any atom is 0.335 e. The predicted octanol–water partition coefficient (Wildman–Crippen LogP) is 3.22. The number of nitro groups is 1. The summed E-state index contributed by atoms with van der Waals surface area (Å²) in [6, 6.07) is 9.34. The largest absolute Gasteiger partial charge is 0.335 e. The van der Waals surface area contributed by atoms with E-state index in [4.69, 9.17) is 11.6 Å². The van der Waals surface area contributed by atoms with E-state index in [9.17, 15) is 24.5 Å². The van der Waals surface area contributed by atoms with Crippen molar-refractivity contribution in [2.45, 2.75) is 6.92 Å². The molecule has 27 heavy (non-hydrogen) atoms. The van der Waals surface area contributed by atoms with Crippen LogP contribution in [0.2, 0.25) is 5.02 Å². The Kier molecular flexibility index (Phi) is 4.74. The topological polar surface area (TPSA) is 110 Å². The third-order valence-corrected chi connectivity index (χ3v) is 4.18. The molecule has 2 aromatic carbocycles. The number of carbonyl (C=O) groups is 3. The van der Waals surface area contributed by atoms with Crippen molar-refractivity contribution in [2.24, 2.45) is 0 Å². The van der Waals surface area contributed by atoms with Crippen LogP contribution in [-0.2, 0) is 9.59 Å². The van der Waals surface area contributed by atoms with Gasteiger partial charge in [0.25, 0.3) is 17.5 Å². The molecule has 9 heteroatoms. The molecule has 1 aliphatic rings. The number of hydrogen-bond acceptors (Lipinski definition) is 5. The number of nitro benzene ring substituents is 1. The van der Waals surface area contributed by atoms with E-state index >= 15 is 0 Å². The Hall–Kier alpha value is -3.52. The summed E-state index contributed by atoms with van der Waals surface area (Å²) in [5.41, 5.74) is 0.507. The van der Waals surface area contributed by atoms with Gasteiger partial charge in [-0.25, -0.2) is 9.69 Å². The standard InChI is InChI=1S/C18H12ClN3O5/c1-10-2-3-11(9-15(10)22(26)27)8-14-16(23)20-18(25)21(17(14)24)13-6-4-12(19)5-7-13/h2-9H,1H3,(H,20,23,25). The third kappa shape index (κ3) is 3.56. The summed E-state index contributed by atoms with van der Waals surface area (Å²) in [6.45, 7) is 1.58. The molecule has 1 aliphatic heterocycles. The first kappa shape index (κ1) is 18.3. The van der Waals surface area contributed by atoms with Gasteiger partial charge in [-0.1, -0.05) is 23.7 Å². The minimum atomic E-state index is -0.889. The normalized spacial score (nSPS) is 15.9. The van der Waals surface area contributed by atoms with Gasteiger partial charge in [0.2, 0.25) is 0 Å². The summed E-state index contributed by atoms with van der Waals surface area (Å²) >= 11 is 5.81. The first-order chi connectivity index (χ1) is 12.8. The molecule has 4 amide bonds. The molecule has 8 nitrogen and oxygen atoms in total. The van der Waals surface area contributed by atoms with E-state index < -0.39 is 22.8 Å². The van der Waals surface area contributed by atoms with Gasteiger partial charge in [-0.15, -0.1) is 0 Å². The molecular formula is C18H12ClN3O5. The summed E-state index contributed by atoms with van der Waals surface area (Å²) < 4.78 is 0. The highest BCUT2D eigenvalue weighted by Gasteiger charge is 2.36. The molecular weight excluding hydrogens is 374 g/mol. The first-order valence-corrected chi connectivity index (χ1v) is 8.08. The van der Waals surface area contributed by atoms with Crippen LogP contribution >= 0.6 is 11.6 Å². The zero-order valence-corrected chi connectivity index (χ0v) is 14.7. The van der Waals surface area contributed by atoms with E-state index in [0.29, 0.717) is 10.6 Å². The van der Waals surface area contributed by atoms with Crippen molar-refractivity contribution in [3.8, 4) is 0 Å². The van der Waals surface area contributed by atoms with Crippen molar-refractivity contribution in [2.75, 3.05) is 4.90 Å². The second-order valence-electron chi connectivity index (χ2n) is 5.74. The molecule has 1 fully saturated rings. The number of hydrogen-bond donors (Lipinski definition) is 1. The molecule has 0 unspecified atom stereocenters. The van der Waals surface area contributed by atoms with Gasteiger partial charge < -0.3 is 0 Å². The average molecular weight is 386 g/mol. The van der Waals surface area contributed by atoms with Crippen molar-refractivity contribution in [3.63, 3.8) is 0 Å². The van der Waals surface area contributed by atoms with Gasteiger partial charge in [0.05, 0.1) is 10.6 Å². The summed E-state index contributed by atoms with van der Waals surface area (Å²) in [7, 11) is 0. The van der Waals surface area contributed by atoms with Crippen LogP contribution in [0.5, 0.6) is 0 Å². The molecule has 0 spiro atoms. The first-order valence-electron chi connectivity index (χ1n) is 7.70. The molecule has 0 radical (unpaired) electrons. The zero-order chi connectivity index (χ0) is 19.7. The highest BCUT2D eigenvalue weighted by molar-refractivity contribution is 6.39. The maximum absolute atomic E-state index is 12.7. The number of carbonyl (C=O) groups excluding carboxylic acids is 3. The number of halogens is 1. The predicted molar refractivity (Wildman–Crippen MR) is 98.3 cm³/mol. The van der Waals surface area contributed by atoms with Crippen LogP contribution in [-0.4, -0.2) is 22.8 Å². The number of urea groups is 1. The van der Waals surface area contributed by atoms with Crippen LogP contribution in [0, 0.1) is 17.0 Å². The highest BCUT2D eigenvalue weighted by Crippen LogP contribution is 2.25. The van der Waals surface area contributed by atoms with Crippen molar-refractivity contribution in [1.29, 1.82) is 0 Å². The summed E-state index contributed by atoms with van der Waals surface area (Å²) in [4.78, 5) is 48.3. The Bertz CT molecular complexity index is 1010. The lowest BCUT2D eigenvalue weighted by Gasteiger charge is -2.26. The number of nitrogens with zero attached hydrogens (tertiary/aromatic N) is 2. The van der Waals surface area contributed by atoms with Crippen molar-refractivity contribution >= 4 is 46.9 Å². The Morgan fingerprint density at radius 1 is 1.11 bits per heavy atom. The fourth-order valence-corrected chi connectivity index (χ4v) is 2.69. The zero-order valence-electron chi connectivity index (χ0n) is 13.9. The number of aryl methyl sites for hydroxylation is 1. The molecule has 1 heterocycles. The van der Waals surface area contributed by atoms with Crippen LogP contribution in [0.4, 0.5) is 16.2 Å². The van der Waals surface area contributed by atoms with Gasteiger partial charge in [0.1, 0.15) is 5.57 Å². The van der Waals surface area contributed by atoms with E-state index in [2.05, 4.69) is 5.32 Å². The Morgan fingerprint density at radius 2 is 1.78 bits per heavy atom. The van der Waals surface area contributed by atoms with Crippen LogP contribution in [0.1, 0.15) is 11.1 Å². The van der Waals surface area contributed by atoms with E-state index in [1.807, 2.05) is 0 Å². The van der Waals surface area contributed by atoms with Crippen LogP contribution in [0.3, 0.4) is 0 Å². The number of rotatable bonds is 3. The van der Waals surface area contributed by atoms with Crippen molar-refractivity contribution < 1.29 is 19.3 Å². The number of imide groups is 2. The van der Waals surface area contributed by atoms with Crippen LogP contribution < -0.4 is 10.2 Å². The SMILES string of the molecule is Cc1ccc(C=C2C(=O)NC(=O)N(c3ccc(Cl)cc3)C2=O)cc1[N+](=O)[O-]. The van der Waals surface area contributed by atoms with Crippen LogP contribution in [0.15, 0.2) is 48.0 Å². The molecule has 0 aliphatic carbocycles. The van der Waals surface area contributed by atoms with Gasteiger partial charge in [-0.2, -0.15) is 0 Å². The molecule has 1 saturated heterocycles. The molecule has 3 rings (SSSR count). The van der Waals surface area contributed by atoms with Gasteiger partial charge in [-0.05, 0) is 42.8 Å². The average Bonchev–Trinajstić information content (AvgIpc) is 2.61. The van der Waals surface area contributed by atoms with Gasteiger partial charge in [0.15, 0.2) is 0 Å². The Labute approximate surface area is 158 Å². The Balaban J connectivity index is 2.03. The Morgan fingerprint density at radius 3 is 2.41 bits per heavy atom. The molecule has 0 saturated carbocycles. The number of amides is 4. The lowest BCUT2D eigenvalue weighted by Crippen LogP contribution is -2.54. The number of barbiturate groups is 1. The fraction of sp³-hybridized carbons (Fsp3) is 0.0556. The molecule has 1 N–H and O–H groups in total. The van der Waals surface area contributed by atoms with Gasteiger partial charge in [-0.3, -0.25) is 25.0 Å². The van der Waals surface area contributed by atoms with E-state index in [1.54, 1.807) is 13.0 Å². The quantitative estimate of drug-likeness (QED) is 0.377. The fourth-order valence-electron chi connectivity index (χ4n) is 2.56. The second-order valence-corrected chi connectivity index (χ2v) is 6.17. The lowest BCUT2D eigenvalue weighted by atomic mass is 10.0. The van der Waals surface area contributed by atoms with E-state index in [0.717, 1.165) is 4.90 Å². The minimum absolute atomic E-state index is 0.140. The van der Waals surface area contributed by atoms with Crippen molar-refractivity contribution in [3.05, 3.63) is 74.3 Å².